The molecule has 0 aliphatic heterocycles. The molecular weight excluding hydrogens is 348 g/mol. The minimum atomic E-state index is -3.50. The van der Waals surface area contributed by atoms with Crippen molar-refractivity contribution in [3.63, 3.8) is 0 Å². The summed E-state index contributed by atoms with van der Waals surface area (Å²) in [4.78, 5) is 0. The Morgan fingerprint density at radius 2 is 1.76 bits per heavy atom. The molecule has 136 valence electrons. The molecule has 0 spiro atoms. The molecule has 0 unspecified atom stereocenters. The second kappa shape index (κ2) is 8.29. The molecule has 0 heterocycles. The number of alkyl halides is 2. The number of benzene rings is 2. The fourth-order valence-corrected chi connectivity index (χ4v) is 3.91. The maximum atomic E-state index is 12.6. The van der Waals surface area contributed by atoms with Gasteiger partial charge in [-0.3, -0.25) is 4.72 Å². The Labute approximate surface area is 146 Å². The van der Waals surface area contributed by atoms with Gasteiger partial charge in [-0.05, 0) is 29.7 Å². The lowest BCUT2D eigenvalue weighted by Crippen LogP contribution is -2.20. The van der Waals surface area contributed by atoms with Crippen LogP contribution in [-0.2, 0) is 16.4 Å². The molecule has 0 atom stereocenters. The van der Waals surface area contributed by atoms with Crippen LogP contribution in [-0.4, -0.2) is 20.8 Å². The first-order chi connectivity index (χ1) is 11.7. The first-order valence-corrected chi connectivity index (χ1v) is 9.52. The Hall–Kier alpha value is -2.15. The summed E-state index contributed by atoms with van der Waals surface area (Å²) in [5.74, 6) is -0.00979. The van der Waals surface area contributed by atoms with E-state index in [-0.39, 0.29) is 17.4 Å². The molecule has 2 aromatic rings. The van der Waals surface area contributed by atoms with Crippen molar-refractivity contribution in [3.8, 4) is 5.75 Å². The summed E-state index contributed by atoms with van der Waals surface area (Å²) >= 11 is 0. The zero-order chi connectivity index (χ0) is 18.4. The van der Waals surface area contributed by atoms with Crippen LogP contribution in [0.2, 0.25) is 0 Å². The van der Waals surface area contributed by atoms with E-state index in [0.29, 0.717) is 17.7 Å². The zero-order valence-corrected chi connectivity index (χ0v) is 14.9. The molecular formula is C18H21F2NO3S. The lowest BCUT2D eigenvalue weighted by atomic mass is 10.0. The van der Waals surface area contributed by atoms with Crippen molar-refractivity contribution in [2.24, 2.45) is 5.92 Å². The Kier molecular flexibility index (Phi) is 6.36. The van der Waals surface area contributed by atoms with Gasteiger partial charge in [-0.1, -0.05) is 44.2 Å². The lowest BCUT2D eigenvalue weighted by molar-refractivity contribution is -0.0503. The van der Waals surface area contributed by atoms with Crippen molar-refractivity contribution in [2.75, 3.05) is 10.5 Å². The van der Waals surface area contributed by atoms with Gasteiger partial charge in [0.05, 0.1) is 5.75 Å². The third-order valence-corrected chi connectivity index (χ3v) is 4.99. The monoisotopic (exact) mass is 369 g/mol. The second-order valence-corrected chi connectivity index (χ2v) is 7.91. The largest absolute Gasteiger partial charge is 0.435 e. The van der Waals surface area contributed by atoms with Gasteiger partial charge in [0.15, 0.2) is 0 Å². The van der Waals surface area contributed by atoms with Gasteiger partial charge in [-0.15, -0.1) is 0 Å². The summed E-state index contributed by atoms with van der Waals surface area (Å²) in [6, 6.07) is 13.6. The van der Waals surface area contributed by atoms with Crippen LogP contribution in [0.4, 0.5) is 14.5 Å². The van der Waals surface area contributed by atoms with Gasteiger partial charge in [-0.2, -0.15) is 8.78 Å². The highest BCUT2D eigenvalue weighted by Crippen LogP contribution is 2.27. The number of ether oxygens (including phenoxy) is 1. The normalized spacial score (nSPS) is 11.8. The fraction of sp³-hybridized carbons (Fsp3) is 0.333. The van der Waals surface area contributed by atoms with E-state index in [1.807, 2.05) is 30.3 Å². The van der Waals surface area contributed by atoms with Crippen LogP contribution in [0.3, 0.4) is 0 Å². The van der Waals surface area contributed by atoms with Crippen molar-refractivity contribution in [1.82, 2.24) is 0 Å². The average molecular weight is 369 g/mol. The number of halogens is 2. The van der Waals surface area contributed by atoms with Gasteiger partial charge in [0.2, 0.25) is 10.0 Å². The third-order valence-electron chi connectivity index (χ3n) is 3.34. The van der Waals surface area contributed by atoms with Crippen LogP contribution >= 0.6 is 0 Å². The number of sulfonamides is 1. The topological polar surface area (TPSA) is 55.4 Å². The summed E-state index contributed by atoms with van der Waals surface area (Å²) in [5, 5.41) is 0. The van der Waals surface area contributed by atoms with Gasteiger partial charge in [0.1, 0.15) is 5.75 Å². The maximum absolute atomic E-state index is 12.6. The van der Waals surface area contributed by atoms with Crippen LogP contribution in [0.1, 0.15) is 25.0 Å². The van der Waals surface area contributed by atoms with Crippen molar-refractivity contribution in [3.05, 3.63) is 59.7 Å². The predicted molar refractivity (Wildman–Crippen MR) is 94.6 cm³/mol. The molecule has 7 heteroatoms. The van der Waals surface area contributed by atoms with Gasteiger partial charge in [0.25, 0.3) is 0 Å². The van der Waals surface area contributed by atoms with Gasteiger partial charge < -0.3 is 4.74 Å². The molecule has 2 aromatic carbocycles. The second-order valence-electron chi connectivity index (χ2n) is 6.14. The smallest absolute Gasteiger partial charge is 0.387 e. The molecule has 0 bridgehead atoms. The van der Waals surface area contributed by atoms with E-state index in [9.17, 15) is 17.2 Å². The molecule has 0 aromatic heterocycles. The third kappa shape index (κ3) is 6.34. The van der Waals surface area contributed by atoms with E-state index in [1.54, 1.807) is 13.8 Å². The number of hydrogen-bond acceptors (Lipinski definition) is 3. The number of anilines is 1. The van der Waals surface area contributed by atoms with Crippen molar-refractivity contribution >= 4 is 15.7 Å². The quantitative estimate of drug-likeness (QED) is 0.756. The van der Waals surface area contributed by atoms with Gasteiger partial charge in [0, 0.05) is 17.7 Å². The van der Waals surface area contributed by atoms with E-state index >= 15 is 0 Å². The van der Waals surface area contributed by atoms with Crippen molar-refractivity contribution in [2.45, 2.75) is 26.9 Å². The van der Waals surface area contributed by atoms with Gasteiger partial charge >= 0.3 is 6.61 Å². The summed E-state index contributed by atoms with van der Waals surface area (Å²) in [7, 11) is -3.50. The van der Waals surface area contributed by atoms with Crippen LogP contribution < -0.4 is 9.46 Å². The first-order valence-electron chi connectivity index (χ1n) is 7.87. The van der Waals surface area contributed by atoms with Crippen LogP contribution in [0.25, 0.3) is 0 Å². The highest BCUT2D eigenvalue weighted by molar-refractivity contribution is 7.92. The van der Waals surface area contributed by atoms with Crippen LogP contribution in [0.15, 0.2) is 48.5 Å². The average Bonchev–Trinajstić information content (AvgIpc) is 2.49. The van der Waals surface area contributed by atoms with Gasteiger partial charge in [-0.25, -0.2) is 8.42 Å². The van der Waals surface area contributed by atoms with E-state index in [1.165, 1.54) is 18.2 Å². The number of nitrogens with one attached hydrogen (secondary N) is 1. The van der Waals surface area contributed by atoms with Crippen LogP contribution in [0.5, 0.6) is 5.75 Å². The van der Waals surface area contributed by atoms with E-state index in [4.69, 9.17) is 0 Å². The molecule has 0 amide bonds. The molecule has 0 fully saturated rings. The van der Waals surface area contributed by atoms with Crippen molar-refractivity contribution in [1.29, 1.82) is 0 Å². The Balaban J connectivity index is 2.30. The molecule has 0 saturated carbocycles. The standard InChI is InChI=1S/C18H21F2NO3S/c1-13(2)12-25(22,23)21-16-8-9-17(24-18(19)20)15(11-16)10-14-6-4-3-5-7-14/h3-9,11,13,18,21H,10,12H2,1-2H3. The molecule has 0 aliphatic rings. The zero-order valence-electron chi connectivity index (χ0n) is 14.1. The molecule has 2 rings (SSSR count). The fourth-order valence-electron chi connectivity index (χ4n) is 2.47. The Morgan fingerprint density at radius 3 is 2.36 bits per heavy atom. The summed E-state index contributed by atoms with van der Waals surface area (Å²) in [5.41, 5.74) is 1.72. The van der Waals surface area contributed by atoms with E-state index in [2.05, 4.69) is 9.46 Å². The van der Waals surface area contributed by atoms with Crippen LogP contribution in [0, 0.1) is 5.92 Å². The Morgan fingerprint density at radius 1 is 1.08 bits per heavy atom. The van der Waals surface area contributed by atoms with E-state index < -0.39 is 16.6 Å². The predicted octanol–water partition coefficient (Wildman–Crippen LogP) is 4.28. The minimum absolute atomic E-state index is 0.0176. The molecule has 1 N–H and O–H groups in total. The number of rotatable bonds is 8. The van der Waals surface area contributed by atoms with E-state index in [0.717, 1.165) is 5.56 Å². The molecule has 0 radical (unpaired) electrons. The molecule has 0 saturated heterocycles. The lowest BCUT2D eigenvalue weighted by Gasteiger charge is -2.15. The number of hydrogen-bond donors (Lipinski definition) is 1. The molecule has 4 nitrogen and oxygen atoms in total. The Bertz CT molecular complexity index is 793. The minimum Gasteiger partial charge on any atom is -0.435 e. The highest BCUT2D eigenvalue weighted by Gasteiger charge is 2.16. The summed E-state index contributed by atoms with van der Waals surface area (Å²) < 4.78 is 56.4. The highest BCUT2D eigenvalue weighted by atomic mass is 32.2. The maximum Gasteiger partial charge on any atom is 0.387 e. The summed E-state index contributed by atoms with van der Waals surface area (Å²) in [6.07, 6.45) is 0.350. The summed E-state index contributed by atoms with van der Waals surface area (Å²) in [6.45, 7) is 0.664. The SMILES string of the molecule is CC(C)CS(=O)(=O)Nc1ccc(OC(F)F)c(Cc2ccccc2)c1. The van der Waals surface area contributed by atoms with Crippen molar-refractivity contribution < 1.29 is 21.9 Å². The molecule has 25 heavy (non-hydrogen) atoms. The molecule has 0 aliphatic carbocycles. The first kappa shape index (κ1) is 19.2.